The number of hydrazine groups is 1. The maximum atomic E-state index is 12.3. The van der Waals surface area contributed by atoms with Crippen molar-refractivity contribution < 1.29 is 9.59 Å². The number of aromatic nitrogens is 2. The summed E-state index contributed by atoms with van der Waals surface area (Å²) in [5.41, 5.74) is 8.23. The zero-order chi connectivity index (χ0) is 18.5. The van der Waals surface area contributed by atoms with E-state index in [9.17, 15) is 9.59 Å². The Balaban J connectivity index is 1.57. The van der Waals surface area contributed by atoms with Crippen LogP contribution in [0.2, 0.25) is 0 Å². The van der Waals surface area contributed by atoms with Gasteiger partial charge in [0.2, 0.25) is 5.91 Å². The summed E-state index contributed by atoms with van der Waals surface area (Å²) in [6.45, 7) is 4.82. The van der Waals surface area contributed by atoms with E-state index >= 15 is 0 Å². The van der Waals surface area contributed by atoms with E-state index in [1.165, 1.54) is 0 Å². The van der Waals surface area contributed by atoms with Crippen LogP contribution < -0.4 is 10.9 Å². The molecular weight excluding hydrogens is 328 g/mol. The molecule has 0 saturated carbocycles. The molecule has 0 aliphatic rings. The van der Waals surface area contributed by atoms with Gasteiger partial charge in [-0.15, -0.1) is 0 Å². The van der Waals surface area contributed by atoms with Crippen LogP contribution in [0.4, 0.5) is 0 Å². The number of nitrogens with one attached hydrogen (secondary N) is 2. The van der Waals surface area contributed by atoms with Crippen molar-refractivity contribution in [3.63, 3.8) is 0 Å². The Kier molecular flexibility index (Phi) is 5.31. The number of fused-ring (bicyclic) bond motifs is 1. The molecule has 0 aliphatic heterocycles. The highest BCUT2D eigenvalue weighted by atomic mass is 16.2. The predicted molar refractivity (Wildman–Crippen MR) is 101 cm³/mol. The Morgan fingerprint density at radius 3 is 2.58 bits per heavy atom. The Morgan fingerprint density at radius 1 is 1.08 bits per heavy atom. The van der Waals surface area contributed by atoms with Crippen LogP contribution in [0.1, 0.15) is 35.1 Å². The number of carbonyl (C=O) groups excluding carboxylic acids is 2. The molecule has 0 spiro atoms. The minimum absolute atomic E-state index is 0.227. The van der Waals surface area contributed by atoms with Crippen LogP contribution in [0.3, 0.4) is 0 Å². The van der Waals surface area contributed by atoms with Gasteiger partial charge in [0.1, 0.15) is 5.82 Å². The van der Waals surface area contributed by atoms with Gasteiger partial charge in [-0.05, 0) is 44.0 Å². The first-order valence-corrected chi connectivity index (χ1v) is 8.68. The van der Waals surface area contributed by atoms with Crippen LogP contribution in [0.5, 0.6) is 0 Å². The summed E-state index contributed by atoms with van der Waals surface area (Å²) < 4.78 is 2.09. The summed E-state index contributed by atoms with van der Waals surface area (Å²) in [7, 11) is 0. The SMILES string of the molecule is CCn1c(C)nc2cc(C(=O)NNC(=O)CCc3ccccc3)ccc21. The molecule has 2 amide bonds. The molecule has 134 valence electrons. The van der Waals surface area contributed by atoms with Crippen molar-refractivity contribution in [2.75, 3.05) is 0 Å². The van der Waals surface area contributed by atoms with E-state index in [4.69, 9.17) is 0 Å². The molecule has 0 radical (unpaired) electrons. The minimum atomic E-state index is -0.358. The average molecular weight is 350 g/mol. The molecule has 2 N–H and O–H groups in total. The van der Waals surface area contributed by atoms with E-state index in [1.807, 2.05) is 43.3 Å². The first-order chi connectivity index (χ1) is 12.6. The molecule has 3 rings (SSSR count). The monoisotopic (exact) mass is 350 g/mol. The van der Waals surface area contributed by atoms with Gasteiger partial charge in [0.15, 0.2) is 0 Å². The predicted octanol–water partition coefficient (Wildman–Crippen LogP) is 2.76. The van der Waals surface area contributed by atoms with E-state index in [0.29, 0.717) is 18.4 Å². The van der Waals surface area contributed by atoms with Gasteiger partial charge in [0.25, 0.3) is 5.91 Å². The van der Waals surface area contributed by atoms with Gasteiger partial charge in [0, 0.05) is 18.5 Å². The van der Waals surface area contributed by atoms with E-state index in [1.54, 1.807) is 12.1 Å². The second-order valence-electron chi connectivity index (χ2n) is 6.09. The van der Waals surface area contributed by atoms with Crippen molar-refractivity contribution in [1.29, 1.82) is 0 Å². The average Bonchev–Trinajstić information content (AvgIpc) is 2.99. The highest BCUT2D eigenvalue weighted by Crippen LogP contribution is 2.17. The lowest BCUT2D eigenvalue weighted by atomic mass is 10.1. The van der Waals surface area contributed by atoms with E-state index in [-0.39, 0.29) is 11.8 Å². The maximum Gasteiger partial charge on any atom is 0.269 e. The van der Waals surface area contributed by atoms with Crippen molar-refractivity contribution >= 4 is 22.8 Å². The highest BCUT2D eigenvalue weighted by molar-refractivity contribution is 5.98. The van der Waals surface area contributed by atoms with Crippen LogP contribution in [-0.4, -0.2) is 21.4 Å². The Labute approximate surface area is 152 Å². The van der Waals surface area contributed by atoms with Gasteiger partial charge in [-0.2, -0.15) is 0 Å². The maximum absolute atomic E-state index is 12.3. The van der Waals surface area contributed by atoms with Crippen molar-refractivity contribution in [1.82, 2.24) is 20.4 Å². The molecule has 0 saturated heterocycles. The van der Waals surface area contributed by atoms with Crippen molar-refractivity contribution in [2.24, 2.45) is 0 Å². The van der Waals surface area contributed by atoms with E-state index in [0.717, 1.165) is 29.0 Å². The van der Waals surface area contributed by atoms with Gasteiger partial charge in [0.05, 0.1) is 11.0 Å². The standard InChI is InChI=1S/C20H22N4O2/c1-3-24-14(2)21-17-13-16(10-11-18(17)24)20(26)23-22-19(25)12-9-15-7-5-4-6-8-15/h4-8,10-11,13H,3,9,12H2,1-2H3,(H,22,25)(H,23,26). The van der Waals surface area contributed by atoms with Gasteiger partial charge in [-0.25, -0.2) is 4.98 Å². The van der Waals surface area contributed by atoms with Crippen LogP contribution >= 0.6 is 0 Å². The number of aryl methyl sites for hydroxylation is 3. The quantitative estimate of drug-likeness (QED) is 0.695. The van der Waals surface area contributed by atoms with Crippen molar-refractivity contribution in [3.8, 4) is 0 Å². The fraction of sp³-hybridized carbons (Fsp3) is 0.250. The molecule has 6 nitrogen and oxygen atoms in total. The summed E-state index contributed by atoms with van der Waals surface area (Å²) in [6.07, 6.45) is 0.936. The minimum Gasteiger partial charge on any atom is -0.329 e. The first-order valence-electron chi connectivity index (χ1n) is 8.68. The lowest BCUT2D eigenvalue weighted by Gasteiger charge is -2.08. The summed E-state index contributed by atoms with van der Waals surface area (Å²) in [6, 6.07) is 15.1. The number of hydrogen-bond donors (Lipinski definition) is 2. The zero-order valence-corrected chi connectivity index (χ0v) is 15.0. The summed E-state index contributed by atoms with van der Waals surface area (Å²) in [5.74, 6) is 0.326. The fourth-order valence-electron chi connectivity index (χ4n) is 2.95. The van der Waals surface area contributed by atoms with Gasteiger partial charge >= 0.3 is 0 Å². The second-order valence-corrected chi connectivity index (χ2v) is 6.09. The topological polar surface area (TPSA) is 76.0 Å². The van der Waals surface area contributed by atoms with Crippen LogP contribution in [0.25, 0.3) is 11.0 Å². The van der Waals surface area contributed by atoms with Crippen molar-refractivity contribution in [2.45, 2.75) is 33.2 Å². The Bertz CT molecular complexity index is 932. The molecule has 1 heterocycles. The lowest BCUT2D eigenvalue weighted by Crippen LogP contribution is -2.41. The molecule has 2 aromatic carbocycles. The number of nitrogens with zero attached hydrogens (tertiary/aromatic N) is 2. The Hall–Kier alpha value is -3.15. The number of imidazole rings is 1. The summed E-state index contributed by atoms with van der Waals surface area (Å²) in [5, 5.41) is 0. The number of rotatable bonds is 5. The number of hydrogen-bond acceptors (Lipinski definition) is 3. The summed E-state index contributed by atoms with van der Waals surface area (Å²) in [4.78, 5) is 28.7. The molecule has 1 aromatic heterocycles. The highest BCUT2D eigenvalue weighted by Gasteiger charge is 2.11. The molecule has 0 fully saturated rings. The van der Waals surface area contributed by atoms with Gasteiger partial charge < -0.3 is 4.57 Å². The van der Waals surface area contributed by atoms with Crippen LogP contribution in [-0.2, 0) is 17.8 Å². The van der Waals surface area contributed by atoms with Gasteiger partial charge in [-0.1, -0.05) is 30.3 Å². The molecule has 26 heavy (non-hydrogen) atoms. The number of carbonyl (C=O) groups is 2. The van der Waals surface area contributed by atoms with E-state index in [2.05, 4.69) is 27.3 Å². The normalized spacial score (nSPS) is 10.7. The molecule has 6 heteroatoms. The summed E-state index contributed by atoms with van der Waals surface area (Å²) >= 11 is 0. The third-order valence-corrected chi connectivity index (χ3v) is 4.32. The first kappa shape index (κ1) is 17.7. The van der Waals surface area contributed by atoms with Gasteiger partial charge in [-0.3, -0.25) is 20.4 Å². The number of benzene rings is 2. The van der Waals surface area contributed by atoms with E-state index < -0.39 is 0 Å². The second kappa shape index (κ2) is 7.82. The molecule has 0 bridgehead atoms. The lowest BCUT2D eigenvalue weighted by molar-refractivity contribution is -0.121. The molecule has 3 aromatic rings. The number of amides is 2. The fourth-order valence-corrected chi connectivity index (χ4v) is 2.95. The smallest absolute Gasteiger partial charge is 0.269 e. The zero-order valence-electron chi connectivity index (χ0n) is 15.0. The Morgan fingerprint density at radius 2 is 1.85 bits per heavy atom. The molecule has 0 unspecified atom stereocenters. The molecular formula is C20H22N4O2. The van der Waals surface area contributed by atoms with Crippen LogP contribution in [0.15, 0.2) is 48.5 Å². The third-order valence-electron chi connectivity index (χ3n) is 4.32. The van der Waals surface area contributed by atoms with Crippen LogP contribution in [0, 0.1) is 6.92 Å². The molecule has 0 aliphatic carbocycles. The third kappa shape index (κ3) is 3.91. The molecule has 0 atom stereocenters. The van der Waals surface area contributed by atoms with Crippen molar-refractivity contribution in [3.05, 3.63) is 65.5 Å². The largest absolute Gasteiger partial charge is 0.329 e.